The zero-order chi connectivity index (χ0) is 14.5. The Hall–Kier alpha value is -1.52. The SMILES string of the molecule is CNC(CS(=O)c1ccc(F)cc1)c1ccc(C)cc1. The van der Waals surface area contributed by atoms with E-state index in [1.807, 2.05) is 38.2 Å². The standard InChI is InChI=1S/C16H18FNOS/c1-12-3-5-13(6-4-12)16(18-2)11-20(19)15-9-7-14(17)8-10-15/h3-10,16,18H,11H2,1-2H3. The average molecular weight is 291 g/mol. The summed E-state index contributed by atoms with van der Waals surface area (Å²) < 4.78 is 25.2. The van der Waals surface area contributed by atoms with Gasteiger partial charge in [-0.15, -0.1) is 0 Å². The highest BCUT2D eigenvalue weighted by Gasteiger charge is 2.14. The minimum Gasteiger partial charge on any atom is -0.312 e. The number of nitrogens with one attached hydrogen (secondary N) is 1. The molecule has 2 unspecified atom stereocenters. The van der Waals surface area contributed by atoms with Crippen LogP contribution in [0, 0.1) is 12.7 Å². The zero-order valence-electron chi connectivity index (χ0n) is 11.6. The Morgan fingerprint density at radius 3 is 2.25 bits per heavy atom. The van der Waals surface area contributed by atoms with Crippen LogP contribution in [0.2, 0.25) is 0 Å². The molecule has 0 saturated heterocycles. The monoisotopic (exact) mass is 291 g/mol. The molecular weight excluding hydrogens is 273 g/mol. The summed E-state index contributed by atoms with van der Waals surface area (Å²) in [6.07, 6.45) is 0. The molecule has 2 aromatic carbocycles. The molecule has 0 radical (unpaired) electrons. The zero-order valence-corrected chi connectivity index (χ0v) is 12.4. The van der Waals surface area contributed by atoms with Gasteiger partial charge in [-0.3, -0.25) is 4.21 Å². The maximum Gasteiger partial charge on any atom is 0.123 e. The smallest absolute Gasteiger partial charge is 0.123 e. The van der Waals surface area contributed by atoms with Crippen molar-refractivity contribution in [2.75, 3.05) is 12.8 Å². The van der Waals surface area contributed by atoms with E-state index in [2.05, 4.69) is 5.32 Å². The lowest BCUT2D eigenvalue weighted by Gasteiger charge is -2.16. The number of halogens is 1. The van der Waals surface area contributed by atoms with E-state index < -0.39 is 10.8 Å². The first-order valence-electron chi connectivity index (χ1n) is 6.48. The van der Waals surface area contributed by atoms with Crippen molar-refractivity contribution >= 4 is 10.8 Å². The van der Waals surface area contributed by atoms with Gasteiger partial charge in [-0.25, -0.2) is 4.39 Å². The number of hydrogen-bond donors (Lipinski definition) is 1. The highest BCUT2D eigenvalue weighted by molar-refractivity contribution is 7.85. The third-order valence-electron chi connectivity index (χ3n) is 3.22. The van der Waals surface area contributed by atoms with Crippen LogP contribution < -0.4 is 5.32 Å². The molecular formula is C16H18FNOS. The van der Waals surface area contributed by atoms with Crippen molar-refractivity contribution in [3.63, 3.8) is 0 Å². The summed E-state index contributed by atoms with van der Waals surface area (Å²) in [5, 5.41) is 3.18. The van der Waals surface area contributed by atoms with Gasteiger partial charge < -0.3 is 5.32 Å². The van der Waals surface area contributed by atoms with Crippen LogP contribution in [-0.2, 0) is 10.8 Å². The molecule has 0 aromatic heterocycles. The molecule has 2 atom stereocenters. The summed E-state index contributed by atoms with van der Waals surface area (Å²) in [4.78, 5) is 0.652. The second kappa shape index (κ2) is 6.77. The van der Waals surface area contributed by atoms with Crippen LogP contribution in [0.1, 0.15) is 17.2 Å². The lowest BCUT2D eigenvalue weighted by molar-refractivity contribution is 0.624. The molecule has 0 saturated carbocycles. The highest BCUT2D eigenvalue weighted by Crippen LogP contribution is 2.18. The van der Waals surface area contributed by atoms with Gasteiger partial charge in [0.2, 0.25) is 0 Å². The van der Waals surface area contributed by atoms with E-state index in [0.717, 1.165) is 5.56 Å². The Morgan fingerprint density at radius 1 is 1.10 bits per heavy atom. The first kappa shape index (κ1) is 14.9. The third kappa shape index (κ3) is 3.74. The Morgan fingerprint density at radius 2 is 1.70 bits per heavy atom. The summed E-state index contributed by atoms with van der Waals surface area (Å²) in [5.41, 5.74) is 2.30. The predicted molar refractivity (Wildman–Crippen MR) is 80.7 cm³/mol. The first-order valence-corrected chi connectivity index (χ1v) is 7.80. The molecule has 0 amide bonds. The fourth-order valence-corrected chi connectivity index (χ4v) is 3.27. The van der Waals surface area contributed by atoms with Crippen molar-refractivity contribution in [3.05, 3.63) is 65.5 Å². The molecule has 0 spiro atoms. The fraction of sp³-hybridized carbons (Fsp3) is 0.250. The largest absolute Gasteiger partial charge is 0.312 e. The molecule has 20 heavy (non-hydrogen) atoms. The number of rotatable bonds is 5. The molecule has 2 nitrogen and oxygen atoms in total. The molecule has 2 rings (SSSR count). The molecule has 1 N–H and O–H groups in total. The Balaban J connectivity index is 2.11. The van der Waals surface area contributed by atoms with E-state index in [9.17, 15) is 8.60 Å². The average Bonchev–Trinajstić information content (AvgIpc) is 2.46. The van der Waals surface area contributed by atoms with Crippen molar-refractivity contribution in [2.24, 2.45) is 0 Å². The van der Waals surface area contributed by atoms with Gasteiger partial charge >= 0.3 is 0 Å². The second-order valence-electron chi connectivity index (χ2n) is 4.72. The van der Waals surface area contributed by atoms with Crippen LogP contribution in [0.15, 0.2) is 53.4 Å². The Kier molecular flexibility index (Phi) is 5.04. The maximum atomic E-state index is 12.9. The van der Waals surface area contributed by atoms with Crippen LogP contribution >= 0.6 is 0 Å². The maximum absolute atomic E-state index is 12.9. The molecule has 4 heteroatoms. The lowest BCUT2D eigenvalue weighted by atomic mass is 10.1. The van der Waals surface area contributed by atoms with Crippen LogP contribution in [0.3, 0.4) is 0 Å². The molecule has 0 fully saturated rings. The van der Waals surface area contributed by atoms with Gasteiger partial charge in [0.15, 0.2) is 0 Å². The van der Waals surface area contributed by atoms with E-state index in [1.54, 1.807) is 12.1 Å². The minimum atomic E-state index is -1.16. The highest BCUT2D eigenvalue weighted by atomic mass is 32.2. The van der Waals surface area contributed by atoms with Gasteiger partial charge in [-0.2, -0.15) is 0 Å². The number of benzene rings is 2. The minimum absolute atomic E-state index is 0.0153. The van der Waals surface area contributed by atoms with Gasteiger partial charge in [0, 0.05) is 16.7 Å². The van der Waals surface area contributed by atoms with Crippen molar-refractivity contribution in [3.8, 4) is 0 Å². The van der Waals surface area contributed by atoms with E-state index in [0.29, 0.717) is 10.6 Å². The number of hydrogen-bond acceptors (Lipinski definition) is 2. The van der Waals surface area contributed by atoms with Crippen molar-refractivity contribution in [1.29, 1.82) is 0 Å². The van der Waals surface area contributed by atoms with Gasteiger partial charge in [0.05, 0.1) is 10.8 Å². The Bertz CT molecular complexity index is 580. The topological polar surface area (TPSA) is 29.1 Å². The second-order valence-corrected chi connectivity index (χ2v) is 6.21. The van der Waals surface area contributed by atoms with Gasteiger partial charge in [-0.1, -0.05) is 29.8 Å². The summed E-state index contributed by atoms with van der Waals surface area (Å²) in [5.74, 6) is 0.153. The molecule has 0 heterocycles. The van der Waals surface area contributed by atoms with Crippen LogP contribution in [0.5, 0.6) is 0 Å². The molecule has 0 aliphatic heterocycles. The van der Waals surface area contributed by atoms with Crippen LogP contribution in [0.4, 0.5) is 4.39 Å². The summed E-state index contributed by atoms with van der Waals surface area (Å²) >= 11 is 0. The van der Waals surface area contributed by atoms with Crippen LogP contribution in [-0.4, -0.2) is 17.0 Å². The summed E-state index contributed by atoms with van der Waals surface area (Å²) in [7, 11) is 0.697. The lowest BCUT2D eigenvalue weighted by Crippen LogP contribution is -2.22. The summed E-state index contributed by atoms with van der Waals surface area (Å²) in [6, 6.07) is 14.0. The van der Waals surface area contributed by atoms with E-state index >= 15 is 0 Å². The van der Waals surface area contributed by atoms with Gasteiger partial charge in [0.1, 0.15) is 5.82 Å². The van der Waals surface area contributed by atoms with Crippen molar-refractivity contribution in [2.45, 2.75) is 17.9 Å². The summed E-state index contributed by atoms with van der Waals surface area (Å²) in [6.45, 7) is 2.04. The van der Waals surface area contributed by atoms with E-state index in [4.69, 9.17) is 0 Å². The van der Waals surface area contributed by atoms with Crippen molar-refractivity contribution in [1.82, 2.24) is 5.32 Å². The first-order chi connectivity index (χ1) is 9.60. The van der Waals surface area contributed by atoms with Gasteiger partial charge in [0.25, 0.3) is 0 Å². The van der Waals surface area contributed by atoms with E-state index in [-0.39, 0.29) is 11.9 Å². The molecule has 0 aliphatic rings. The molecule has 0 aliphatic carbocycles. The van der Waals surface area contributed by atoms with Gasteiger partial charge in [-0.05, 0) is 43.8 Å². The molecule has 2 aromatic rings. The van der Waals surface area contributed by atoms with E-state index in [1.165, 1.54) is 17.7 Å². The molecule has 0 bridgehead atoms. The predicted octanol–water partition coefficient (Wildman–Crippen LogP) is 3.20. The van der Waals surface area contributed by atoms with Crippen molar-refractivity contribution < 1.29 is 8.60 Å². The molecule has 106 valence electrons. The fourth-order valence-electron chi connectivity index (χ4n) is 1.98. The number of aryl methyl sites for hydroxylation is 1. The third-order valence-corrected chi connectivity index (χ3v) is 4.66. The quantitative estimate of drug-likeness (QED) is 0.916. The van der Waals surface area contributed by atoms with Crippen LogP contribution in [0.25, 0.3) is 0 Å². The normalized spacial score (nSPS) is 13.9. The Labute approximate surface area is 121 Å².